The number of carboxylic acid groups (broad SMARTS) is 1. The fourth-order valence-corrected chi connectivity index (χ4v) is 2.16. The number of carboxylic acids is 1. The van der Waals surface area contributed by atoms with Crippen LogP contribution in [-0.2, 0) is 6.54 Å². The number of nitrogens with one attached hydrogen (secondary N) is 1. The maximum absolute atomic E-state index is 13.6. The van der Waals surface area contributed by atoms with Gasteiger partial charge in [0.1, 0.15) is 10.8 Å². The predicted octanol–water partition coefficient (Wildman–Crippen LogP) is 2.90. The number of aryl methyl sites for hydroxylation is 1. The van der Waals surface area contributed by atoms with Crippen LogP contribution >= 0.6 is 11.3 Å². The second-order valence-electron chi connectivity index (χ2n) is 3.74. The third-order valence-electron chi connectivity index (χ3n) is 2.31. The molecule has 0 fully saturated rings. The van der Waals surface area contributed by atoms with Crippen LogP contribution in [0.15, 0.2) is 23.6 Å². The predicted molar refractivity (Wildman–Crippen MR) is 67.5 cm³/mol. The molecule has 0 unspecified atom stereocenters. The second kappa shape index (κ2) is 5.14. The van der Waals surface area contributed by atoms with Gasteiger partial charge in [-0.1, -0.05) is 0 Å². The summed E-state index contributed by atoms with van der Waals surface area (Å²) in [6.45, 7) is 2.31. The number of hydrogen-bond acceptors (Lipinski definition) is 4. The Bertz CT molecular complexity index is 583. The molecule has 0 atom stereocenters. The Kier molecular flexibility index (Phi) is 3.57. The summed E-state index contributed by atoms with van der Waals surface area (Å²) in [7, 11) is 0. The lowest BCUT2D eigenvalue weighted by molar-refractivity contribution is 0.0696. The molecule has 0 radical (unpaired) electrons. The summed E-state index contributed by atoms with van der Waals surface area (Å²) < 4.78 is 13.6. The van der Waals surface area contributed by atoms with Gasteiger partial charge in [-0.25, -0.2) is 14.2 Å². The molecule has 0 aliphatic carbocycles. The SMILES string of the molecule is Cc1csc(CNc2ccc(C(=O)O)cc2F)n1. The van der Waals surface area contributed by atoms with Crippen LogP contribution in [0.1, 0.15) is 21.1 Å². The first-order chi connectivity index (χ1) is 8.56. The maximum atomic E-state index is 13.6. The first-order valence-corrected chi connectivity index (χ1v) is 6.12. The Morgan fingerprint density at radius 1 is 1.56 bits per heavy atom. The molecule has 0 spiro atoms. The highest BCUT2D eigenvalue weighted by atomic mass is 32.1. The van der Waals surface area contributed by atoms with Crippen LogP contribution in [0.3, 0.4) is 0 Å². The average molecular weight is 266 g/mol. The smallest absolute Gasteiger partial charge is 0.335 e. The van der Waals surface area contributed by atoms with E-state index in [9.17, 15) is 9.18 Å². The zero-order chi connectivity index (χ0) is 13.1. The molecule has 0 aliphatic heterocycles. The number of halogens is 1. The van der Waals surface area contributed by atoms with Gasteiger partial charge in [0.15, 0.2) is 0 Å². The third-order valence-corrected chi connectivity index (χ3v) is 3.28. The Morgan fingerprint density at radius 2 is 2.33 bits per heavy atom. The number of aromatic nitrogens is 1. The molecule has 4 nitrogen and oxygen atoms in total. The van der Waals surface area contributed by atoms with Crippen molar-refractivity contribution in [1.29, 1.82) is 0 Å². The summed E-state index contributed by atoms with van der Waals surface area (Å²) in [5.41, 5.74) is 1.13. The molecule has 0 bridgehead atoms. The van der Waals surface area contributed by atoms with Gasteiger partial charge < -0.3 is 10.4 Å². The first-order valence-electron chi connectivity index (χ1n) is 5.24. The van der Waals surface area contributed by atoms with E-state index in [2.05, 4.69) is 10.3 Å². The van der Waals surface area contributed by atoms with Crippen molar-refractivity contribution in [2.75, 3.05) is 5.32 Å². The highest BCUT2D eigenvalue weighted by Gasteiger charge is 2.08. The lowest BCUT2D eigenvalue weighted by Gasteiger charge is -2.06. The van der Waals surface area contributed by atoms with Crippen molar-refractivity contribution in [2.45, 2.75) is 13.5 Å². The van der Waals surface area contributed by atoms with Crippen LogP contribution in [0, 0.1) is 12.7 Å². The maximum Gasteiger partial charge on any atom is 0.335 e. The molecule has 2 N–H and O–H groups in total. The molecule has 1 heterocycles. The highest BCUT2D eigenvalue weighted by molar-refractivity contribution is 7.09. The van der Waals surface area contributed by atoms with E-state index in [1.54, 1.807) is 0 Å². The van der Waals surface area contributed by atoms with E-state index < -0.39 is 11.8 Å². The van der Waals surface area contributed by atoms with Crippen LogP contribution in [0.5, 0.6) is 0 Å². The van der Waals surface area contributed by atoms with E-state index in [1.165, 1.54) is 23.5 Å². The molecule has 2 rings (SSSR count). The summed E-state index contributed by atoms with van der Waals surface area (Å²) in [6, 6.07) is 3.78. The van der Waals surface area contributed by atoms with Crippen LogP contribution < -0.4 is 5.32 Å². The van der Waals surface area contributed by atoms with Crippen LogP contribution in [0.4, 0.5) is 10.1 Å². The minimum Gasteiger partial charge on any atom is -0.478 e. The van der Waals surface area contributed by atoms with Crippen molar-refractivity contribution in [3.63, 3.8) is 0 Å². The molecule has 94 valence electrons. The Morgan fingerprint density at radius 3 is 2.89 bits per heavy atom. The molecular formula is C12H11FN2O2S. The number of aromatic carboxylic acids is 1. The van der Waals surface area contributed by atoms with Crippen molar-refractivity contribution < 1.29 is 14.3 Å². The Hall–Kier alpha value is -1.95. The molecule has 1 aromatic carbocycles. The van der Waals surface area contributed by atoms with Crippen molar-refractivity contribution in [2.24, 2.45) is 0 Å². The van der Waals surface area contributed by atoms with Gasteiger partial charge in [0.25, 0.3) is 0 Å². The van der Waals surface area contributed by atoms with Gasteiger partial charge in [-0.2, -0.15) is 0 Å². The topological polar surface area (TPSA) is 62.2 Å². The average Bonchev–Trinajstić information content (AvgIpc) is 2.73. The molecule has 0 aliphatic rings. The van der Waals surface area contributed by atoms with Gasteiger partial charge >= 0.3 is 5.97 Å². The highest BCUT2D eigenvalue weighted by Crippen LogP contribution is 2.18. The minimum atomic E-state index is -1.14. The lowest BCUT2D eigenvalue weighted by atomic mass is 10.2. The number of nitrogens with zero attached hydrogens (tertiary/aromatic N) is 1. The number of benzene rings is 1. The van der Waals surface area contributed by atoms with Crippen molar-refractivity contribution in [3.05, 3.63) is 45.7 Å². The first kappa shape index (κ1) is 12.5. The zero-order valence-corrected chi connectivity index (χ0v) is 10.4. The van der Waals surface area contributed by atoms with Gasteiger partial charge in [-0.3, -0.25) is 0 Å². The van der Waals surface area contributed by atoms with E-state index in [0.29, 0.717) is 6.54 Å². The summed E-state index contributed by atoms with van der Waals surface area (Å²) in [5.74, 6) is -1.72. The van der Waals surface area contributed by atoms with Crippen LogP contribution in [0.2, 0.25) is 0 Å². The lowest BCUT2D eigenvalue weighted by Crippen LogP contribution is -2.03. The fourth-order valence-electron chi connectivity index (χ4n) is 1.45. The Labute approximate surface area is 107 Å². The van der Waals surface area contributed by atoms with E-state index in [0.717, 1.165) is 16.8 Å². The molecule has 1 aromatic heterocycles. The normalized spacial score (nSPS) is 10.3. The zero-order valence-electron chi connectivity index (χ0n) is 9.61. The van der Waals surface area contributed by atoms with E-state index >= 15 is 0 Å². The van der Waals surface area contributed by atoms with Crippen molar-refractivity contribution in [3.8, 4) is 0 Å². The van der Waals surface area contributed by atoms with Crippen molar-refractivity contribution >= 4 is 23.0 Å². The quantitative estimate of drug-likeness (QED) is 0.893. The molecular weight excluding hydrogens is 255 g/mol. The summed E-state index contributed by atoms with van der Waals surface area (Å²) >= 11 is 1.49. The van der Waals surface area contributed by atoms with E-state index in [1.807, 2.05) is 12.3 Å². The number of thiazole rings is 1. The van der Waals surface area contributed by atoms with E-state index in [-0.39, 0.29) is 11.3 Å². The van der Waals surface area contributed by atoms with Crippen molar-refractivity contribution in [1.82, 2.24) is 4.98 Å². The minimum absolute atomic E-state index is 0.0665. The number of anilines is 1. The summed E-state index contributed by atoms with van der Waals surface area (Å²) in [4.78, 5) is 14.9. The fraction of sp³-hybridized carbons (Fsp3) is 0.167. The standard InChI is InChI=1S/C12H11FN2O2S/c1-7-6-18-11(15-7)5-14-10-3-2-8(12(16)17)4-9(10)13/h2-4,6,14H,5H2,1H3,(H,16,17). The van der Waals surface area contributed by atoms with Gasteiger partial charge in [-0.05, 0) is 25.1 Å². The largest absolute Gasteiger partial charge is 0.478 e. The van der Waals surface area contributed by atoms with Gasteiger partial charge in [0.2, 0.25) is 0 Å². The molecule has 0 saturated carbocycles. The van der Waals surface area contributed by atoms with Crippen LogP contribution in [-0.4, -0.2) is 16.1 Å². The molecule has 2 aromatic rings. The number of rotatable bonds is 4. The number of hydrogen-bond donors (Lipinski definition) is 2. The molecule has 6 heteroatoms. The van der Waals surface area contributed by atoms with Gasteiger partial charge in [0.05, 0.1) is 17.8 Å². The monoisotopic (exact) mass is 266 g/mol. The molecule has 0 saturated heterocycles. The third kappa shape index (κ3) is 2.84. The van der Waals surface area contributed by atoms with Gasteiger partial charge in [0, 0.05) is 11.1 Å². The second-order valence-corrected chi connectivity index (χ2v) is 4.68. The number of carbonyl (C=O) groups is 1. The van der Waals surface area contributed by atoms with Crippen LogP contribution in [0.25, 0.3) is 0 Å². The van der Waals surface area contributed by atoms with E-state index in [4.69, 9.17) is 5.11 Å². The summed E-state index contributed by atoms with van der Waals surface area (Å²) in [6.07, 6.45) is 0. The summed E-state index contributed by atoms with van der Waals surface area (Å²) in [5, 5.41) is 14.4. The molecule has 0 amide bonds. The Balaban J connectivity index is 2.08. The van der Waals surface area contributed by atoms with Gasteiger partial charge in [-0.15, -0.1) is 11.3 Å². The molecule has 18 heavy (non-hydrogen) atoms.